The van der Waals surface area contributed by atoms with Gasteiger partial charge in [-0.05, 0) is 35.9 Å². The fraction of sp³-hybridized carbons (Fsp3) is 0.100. The Morgan fingerprint density at radius 3 is 2.54 bits per heavy atom. The molecule has 3 rings (SSSR count). The van der Waals surface area contributed by atoms with E-state index in [1.165, 1.54) is 25.3 Å². The molecule has 1 heterocycles. The van der Waals surface area contributed by atoms with Gasteiger partial charge in [0.25, 0.3) is 5.91 Å². The van der Waals surface area contributed by atoms with Gasteiger partial charge >= 0.3 is 0 Å². The molecule has 3 aromatic rings. The normalized spacial score (nSPS) is 10.4. The van der Waals surface area contributed by atoms with E-state index < -0.39 is 11.3 Å². The quantitative estimate of drug-likeness (QED) is 0.665. The average molecular weight is 404 g/mol. The molecule has 8 heteroatoms. The van der Waals surface area contributed by atoms with Gasteiger partial charge in [-0.1, -0.05) is 23.7 Å². The first-order valence-corrected chi connectivity index (χ1v) is 8.49. The number of benzene rings is 2. The monoisotopic (exact) mass is 403 g/mol. The Balaban J connectivity index is 1.67. The number of anilines is 1. The van der Waals surface area contributed by atoms with Gasteiger partial charge in [0.2, 0.25) is 11.2 Å². The smallest absolute Gasteiger partial charge is 0.291 e. The Morgan fingerprint density at radius 2 is 1.89 bits per heavy atom. The van der Waals surface area contributed by atoms with Crippen LogP contribution in [0.2, 0.25) is 5.02 Å². The Labute approximate surface area is 164 Å². The molecule has 0 bridgehead atoms. The van der Waals surface area contributed by atoms with Crippen LogP contribution in [0.15, 0.2) is 64.0 Å². The number of nitrogens with one attached hydrogen (secondary N) is 1. The predicted octanol–water partition coefficient (Wildman–Crippen LogP) is 4.27. The summed E-state index contributed by atoms with van der Waals surface area (Å²) in [6.07, 6.45) is 1.06. The predicted molar refractivity (Wildman–Crippen MR) is 102 cm³/mol. The number of methoxy groups -OCH3 is 1. The number of carbonyl (C=O) groups excluding carboxylic acids is 1. The molecule has 0 fully saturated rings. The summed E-state index contributed by atoms with van der Waals surface area (Å²) in [6.45, 7) is 0.0565. The number of halogens is 2. The summed E-state index contributed by atoms with van der Waals surface area (Å²) in [4.78, 5) is 24.4. The third kappa shape index (κ3) is 4.69. The number of rotatable bonds is 6. The summed E-state index contributed by atoms with van der Waals surface area (Å²) in [6, 6.07) is 11.4. The van der Waals surface area contributed by atoms with Crippen molar-refractivity contribution in [3.63, 3.8) is 0 Å². The number of ether oxygens (including phenoxy) is 2. The maximum absolute atomic E-state index is 12.9. The molecular weight excluding hydrogens is 389 g/mol. The van der Waals surface area contributed by atoms with Crippen molar-refractivity contribution in [1.29, 1.82) is 0 Å². The Morgan fingerprint density at radius 1 is 1.14 bits per heavy atom. The third-order valence-electron chi connectivity index (χ3n) is 3.74. The molecule has 0 aliphatic rings. The highest BCUT2D eigenvalue weighted by molar-refractivity contribution is 6.32. The highest BCUT2D eigenvalue weighted by atomic mass is 35.5. The van der Waals surface area contributed by atoms with Crippen LogP contribution in [0.5, 0.6) is 11.5 Å². The topological polar surface area (TPSA) is 77.8 Å². The maximum Gasteiger partial charge on any atom is 0.291 e. The summed E-state index contributed by atoms with van der Waals surface area (Å²) < 4.78 is 28.5. The van der Waals surface area contributed by atoms with E-state index in [0.717, 1.165) is 12.3 Å². The van der Waals surface area contributed by atoms with Crippen molar-refractivity contribution < 1.29 is 23.1 Å². The van der Waals surface area contributed by atoms with E-state index in [2.05, 4.69) is 5.32 Å². The van der Waals surface area contributed by atoms with Gasteiger partial charge in [-0.3, -0.25) is 9.59 Å². The molecule has 1 amide bonds. The van der Waals surface area contributed by atoms with Crippen molar-refractivity contribution in [2.75, 3.05) is 12.4 Å². The molecule has 1 N–H and O–H groups in total. The van der Waals surface area contributed by atoms with Crippen molar-refractivity contribution >= 4 is 23.2 Å². The zero-order valence-corrected chi connectivity index (χ0v) is 15.5. The lowest BCUT2D eigenvalue weighted by Gasteiger charge is -2.08. The van der Waals surface area contributed by atoms with Crippen molar-refractivity contribution in [2.45, 2.75) is 6.61 Å². The van der Waals surface area contributed by atoms with Crippen LogP contribution < -0.4 is 20.2 Å². The summed E-state index contributed by atoms with van der Waals surface area (Å²) in [7, 11) is 1.48. The van der Waals surface area contributed by atoms with E-state index in [4.69, 9.17) is 25.5 Å². The van der Waals surface area contributed by atoms with E-state index in [1.54, 1.807) is 24.3 Å². The summed E-state index contributed by atoms with van der Waals surface area (Å²) >= 11 is 6.01. The average Bonchev–Trinajstić information content (AvgIpc) is 2.68. The van der Waals surface area contributed by atoms with E-state index in [-0.39, 0.29) is 23.9 Å². The van der Waals surface area contributed by atoms with Gasteiger partial charge in [-0.15, -0.1) is 0 Å². The number of hydrogen-bond donors (Lipinski definition) is 1. The van der Waals surface area contributed by atoms with Gasteiger partial charge in [-0.2, -0.15) is 0 Å². The van der Waals surface area contributed by atoms with Crippen LogP contribution in [0.1, 0.15) is 16.1 Å². The third-order valence-corrected chi connectivity index (χ3v) is 4.03. The Hall–Kier alpha value is -3.32. The first kappa shape index (κ1) is 19.4. The fourth-order valence-electron chi connectivity index (χ4n) is 2.30. The molecule has 0 spiro atoms. The van der Waals surface area contributed by atoms with Crippen LogP contribution in [0, 0.1) is 5.82 Å². The lowest BCUT2D eigenvalue weighted by molar-refractivity contribution is 0.0993. The van der Waals surface area contributed by atoms with Crippen molar-refractivity contribution in [1.82, 2.24) is 0 Å². The highest BCUT2D eigenvalue weighted by Crippen LogP contribution is 2.27. The molecule has 0 aliphatic heterocycles. The SMILES string of the molecule is COc1ccc(NC(=O)c2cc(=O)c(OCc3ccc(F)cc3)co2)cc1Cl. The van der Waals surface area contributed by atoms with Crippen molar-refractivity contribution in [3.8, 4) is 11.5 Å². The minimum Gasteiger partial charge on any atom is -0.495 e. The highest BCUT2D eigenvalue weighted by Gasteiger charge is 2.13. The zero-order chi connectivity index (χ0) is 20.1. The molecule has 28 heavy (non-hydrogen) atoms. The van der Waals surface area contributed by atoms with Crippen LogP contribution in [0.3, 0.4) is 0 Å². The number of hydrogen-bond acceptors (Lipinski definition) is 5. The standard InChI is InChI=1S/C20H15ClFNO5/c1-26-17-7-6-14(8-15(17)21)23-20(25)18-9-16(24)19(11-28-18)27-10-12-2-4-13(22)5-3-12/h2-9,11H,10H2,1H3,(H,23,25). The van der Waals surface area contributed by atoms with Gasteiger partial charge in [0.05, 0.1) is 12.1 Å². The van der Waals surface area contributed by atoms with E-state index in [1.807, 2.05) is 0 Å². The number of carbonyl (C=O) groups is 1. The van der Waals surface area contributed by atoms with E-state index in [9.17, 15) is 14.0 Å². The molecule has 0 unspecified atom stereocenters. The molecule has 0 radical (unpaired) electrons. The van der Waals surface area contributed by atoms with Crippen molar-refractivity contribution in [3.05, 3.63) is 87.2 Å². The Bertz CT molecular complexity index is 1050. The number of amides is 1. The second kappa shape index (κ2) is 8.58. The zero-order valence-electron chi connectivity index (χ0n) is 14.7. The van der Waals surface area contributed by atoms with Crippen LogP contribution in [-0.2, 0) is 6.61 Å². The minimum absolute atomic E-state index is 0.0565. The Kier molecular flexibility index (Phi) is 5.96. The molecule has 0 aliphatic carbocycles. The lowest BCUT2D eigenvalue weighted by Crippen LogP contribution is -2.15. The molecule has 1 aromatic heterocycles. The first-order chi connectivity index (χ1) is 13.5. The molecule has 0 saturated heterocycles. The summed E-state index contributed by atoms with van der Waals surface area (Å²) in [5.74, 6) is -0.770. The molecular formula is C20H15ClFNO5. The molecule has 144 valence electrons. The van der Waals surface area contributed by atoms with Crippen LogP contribution in [-0.4, -0.2) is 13.0 Å². The van der Waals surface area contributed by atoms with Crippen molar-refractivity contribution in [2.24, 2.45) is 0 Å². The van der Waals surface area contributed by atoms with E-state index in [0.29, 0.717) is 22.0 Å². The maximum atomic E-state index is 12.9. The van der Waals surface area contributed by atoms with Crippen LogP contribution in [0.4, 0.5) is 10.1 Å². The minimum atomic E-state index is -0.622. The molecule has 0 saturated carbocycles. The molecule has 6 nitrogen and oxygen atoms in total. The molecule has 0 atom stereocenters. The largest absolute Gasteiger partial charge is 0.495 e. The summed E-state index contributed by atoms with van der Waals surface area (Å²) in [5, 5.41) is 2.90. The van der Waals surface area contributed by atoms with Gasteiger partial charge < -0.3 is 19.2 Å². The second-order valence-corrected chi connectivity index (χ2v) is 6.10. The fourth-order valence-corrected chi connectivity index (χ4v) is 2.56. The van der Waals surface area contributed by atoms with Gasteiger partial charge in [0, 0.05) is 11.8 Å². The molecule has 2 aromatic carbocycles. The summed E-state index contributed by atoms with van der Waals surface area (Å²) in [5.41, 5.74) is 0.570. The first-order valence-electron chi connectivity index (χ1n) is 8.11. The lowest BCUT2D eigenvalue weighted by atomic mass is 10.2. The second-order valence-electron chi connectivity index (χ2n) is 5.69. The van der Waals surface area contributed by atoms with E-state index >= 15 is 0 Å². The van der Waals surface area contributed by atoms with Crippen LogP contribution in [0.25, 0.3) is 0 Å². The van der Waals surface area contributed by atoms with Gasteiger partial charge in [-0.25, -0.2) is 4.39 Å². The van der Waals surface area contributed by atoms with Crippen LogP contribution >= 0.6 is 11.6 Å². The van der Waals surface area contributed by atoms with Gasteiger partial charge in [0.15, 0.2) is 5.76 Å². The van der Waals surface area contributed by atoms with Gasteiger partial charge in [0.1, 0.15) is 24.4 Å².